The highest BCUT2D eigenvalue weighted by Crippen LogP contribution is 1.98. The molecule has 3 nitrogen and oxygen atoms in total. The predicted molar refractivity (Wildman–Crippen MR) is 64.9 cm³/mol. The van der Waals surface area contributed by atoms with Gasteiger partial charge in [0, 0.05) is 4.57 Å². The highest BCUT2D eigenvalue weighted by molar-refractivity contribution is 7.30. The summed E-state index contributed by atoms with van der Waals surface area (Å²) in [5.41, 5.74) is 0. The van der Waals surface area contributed by atoms with Crippen molar-refractivity contribution in [3.05, 3.63) is 72.8 Å². The summed E-state index contributed by atoms with van der Waals surface area (Å²) in [5.74, 6) is 0. The highest BCUT2D eigenvalue weighted by Gasteiger charge is 1.93. The fourth-order valence-corrected chi connectivity index (χ4v) is 0.770. The largest absolute Gasteiger partial charge is 0.692 e. The maximum Gasteiger partial charge on any atom is 0.692 e. The van der Waals surface area contributed by atoms with E-state index in [1.54, 1.807) is 0 Å². The molecule has 0 bridgehead atoms. The number of rotatable bonds is 0. The van der Waals surface area contributed by atoms with Crippen molar-refractivity contribution >= 4 is 8.25 Å². The zero-order valence-corrected chi connectivity index (χ0v) is 9.57. The van der Waals surface area contributed by atoms with Crippen molar-refractivity contribution in [2.24, 2.45) is 0 Å². The number of benzene rings is 2. The van der Waals surface area contributed by atoms with Gasteiger partial charge in [0.1, 0.15) is 0 Å². The first-order valence-corrected chi connectivity index (χ1v) is 5.75. The Labute approximate surface area is 96.0 Å². The minimum absolute atomic E-state index is 2.00. The van der Waals surface area contributed by atoms with Crippen molar-refractivity contribution in [2.75, 3.05) is 0 Å². The van der Waals surface area contributed by atoms with Crippen molar-refractivity contribution in [2.45, 2.75) is 0 Å². The third-order valence-corrected chi connectivity index (χ3v) is 1.33. The molecule has 0 aliphatic rings. The molecule has 0 unspecified atom stereocenters. The predicted octanol–water partition coefficient (Wildman–Crippen LogP) is 3.00. The third kappa shape index (κ3) is 15.0. The Hall–Kier alpha value is -1.54. The minimum Gasteiger partial charge on any atom is -0.134 e. The summed E-state index contributed by atoms with van der Waals surface area (Å²) in [6.45, 7) is 0. The Morgan fingerprint density at radius 3 is 0.625 bits per heavy atom. The lowest BCUT2D eigenvalue weighted by Gasteiger charge is -1.69. The van der Waals surface area contributed by atoms with Crippen molar-refractivity contribution in [3.63, 3.8) is 0 Å². The van der Waals surface area contributed by atoms with Crippen LogP contribution in [0.5, 0.6) is 0 Å². The molecule has 0 heterocycles. The van der Waals surface area contributed by atoms with Crippen LogP contribution in [0.15, 0.2) is 72.8 Å². The van der Waals surface area contributed by atoms with Gasteiger partial charge < -0.3 is 0 Å². The minimum atomic E-state index is -2.87. The van der Waals surface area contributed by atoms with Crippen LogP contribution in [0.3, 0.4) is 0 Å². The molecule has 2 N–H and O–H groups in total. The molecule has 2 aromatic rings. The Balaban J connectivity index is 0.000000217. The van der Waals surface area contributed by atoms with E-state index in [0.717, 1.165) is 0 Å². The quantitative estimate of drug-likeness (QED) is 0.692. The Bertz CT molecular complexity index is 262. The second-order valence-electron chi connectivity index (χ2n) is 2.56. The van der Waals surface area contributed by atoms with E-state index >= 15 is 0 Å². The van der Waals surface area contributed by atoms with Gasteiger partial charge in [-0.3, -0.25) is 0 Å². The fourth-order valence-electron chi connectivity index (χ4n) is 0.770. The van der Waals surface area contributed by atoms with Crippen molar-refractivity contribution in [3.8, 4) is 0 Å². The highest BCUT2D eigenvalue weighted by atomic mass is 31.1. The summed E-state index contributed by atoms with van der Waals surface area (Å²) in [6, 6.07) is 24.0. The van der Waals surface area contributed by atoms with Crippen molar-refractivity contribution < 1.29 is 14.4 Å². The molecule has 2 aromatic carbocycles. The lowest BCUT2D eigenvalue weighted by molar-refractivity contribution is 0.405. The maximum atomic E-state index is 8.70. The van der Waals surface area contributed by atoms with E-state index < -0.39 is 8.25 Å². The third-order valence-electron chi connectivity index (χ3n) is 1.33. The molecule has 0 radical (unpaired) electrons. The summed E-state index contributed by atoms with van der Waals surface area (Å²) < 4.78 is 8.70. The van der Waals surface area contributed by atoms with Gasteiger partial charge >= 0.3 is 8.25 Å². The molecular weight excluding hydrogens is 223 g/mol. The summed E-state index contributed by atoms with van der Waals surface area (Å²) in [5, 5.41) is 0. The lowest BCUT2D eigenvalue weighted by atomic mass is 10.4. The van der Waals surface area contributed by atoms with E-state index in [0.29, 0.717) is 0 Å². The number of hydrogen-bond donors (Lipinski definition) is 2. The van der Waals surface area contributed by atoms with E-state index in [9.17, 15) is 0 Å². The average molecular weight is 237 g/mol. The molecule has 2 rings (SSSR count). The molecule has 0 aliphatic heterocycles. The first kappa shape index (κ1) is 14.5. The molecule has 0 fully saturated rings. The van der Waals surface area contributed by atoms with Crippen LogP contribution in [0.1, 0.15) is 0 Å². The summed E-state index contributed by atoms with van der Waals surface area (Å²) >= 11 is 0. The fraction of sp³-hybridized carbons (Fsp3) is 0. The Kier molecular flexibility index (Phi) is 10.4. The van der Waals surface area contributed by atoms with E-state index in [1.165, 1.54) is 0 Å². The van der Waals surface area contributed by atoms with Gasteiger partial charge in [-0.05, 0) is 0 Å². The van der Waals surface area contributed by atoms with Crippen molar-refractivity contribution in [1.82, 2.24) is 0 Å². The maximum absolute atomic E-state index is 8.70. The zero-order valence-electron chi connectivity index (χ0n) is 8.68. The summed E-state index contributed by atoms with van der Waals surface area (Å²) in [4.78, 5) is 14.2. The SMILES string of the molecule is O=[P+](O)O.c1ccccc1.c1ccccc1. The zero-order chi connectivity index (χ0) is 12.1. The second kappa shape index (κ2) is 11.5. The molecular formula is C12H14O3P+. The first-order valence-electron chi connectivity index (χ1n) is 4.58. The van der Waals surface area contributed by atoms with Gasteiger partial charge in [-0.2, -0.15) is 0 Å². The molecule has 0 atom stereocenters. The van der Waals surface area contributed by atoms with Crippen LogP contribution < -0.4 is 0 Å². The molecule has 0 aromatic heterocycles. The second-order valence-corrected chi connectivity index (χ2v) is 3.07. The number of hydrogen-bond acceptors (Lipinski definition) is 1. The summed E-state index contributed by atoms with van der Waals surface area (Å²) in [6.07, 6.45) is 0. The monoisotopic (exact) mass is 237 g/mol. The van der Waals surface area contributed by atoms with Gasteiger partial charge in [0.25, 0.3) is 0 Å². The summed E-state index contributed by atoms with van der Waals surface area (Å²) in [7, 11) is -2.87. The Morgan fingerprint density at radius 1 is 0.500 bits per heavy atom. The van der Waals surface area contributed by atoms with Gasteiger partial charge in [0.05, 0.1) is 0 Å². The van der Waals surface area contributed by atoms with Crippen LogP contribution in [0.4, 0.5) is 0 Å². The molecule has 0 saturated carbocycles. The van der Waals surface area contributed by atoms with Crippen LogP contribution in [0, 0.1) is 0 Å². The molecule has 0 aliphatic carbocycles. The van der Waals surface area contributed by atoms with Crippen LogP contribution in [0.2, 0.25) is 0 Å². The average Bonchev–Trinajstić information content (AvgIpc) is 2.34. The molecule has 0 amide bonds. The standard InChI is InChI=1S/2C6H6.HO3P/c2*1-2-4-6-5-3-1;1-4(2)3/h2*1-6H;(H-,1,2,3)/p+1. The van der Waals surface area contributed by atoms with Gasteiger partial charge in [-0.1, -0.05) is 72.8 Å². The van der Waals surface area contributed by atoms with Crippen LogP contribution in [-0.2, 0) is 4.57 Å². The molecule has 16 heavy (non-hydrogen) atoms. The smallest absolute Gasteiger partial charge is 0.134 e. The van der Waals surface area contributed by atoms with E-state index in [2.05, 4.69) is 0 Å². The Morgan fingerprint density at radius 2 is 0.562 bits per heavy atom. The molecule has 4 heteroatoms. The first-order chi connectivity index (χ1) is 7.73. The van der Waals surface area contributed by atoms with Gasteiger partial charge in [0.15, 0.2) is 0 Å². The molecule has 0 spiro atoms. The van der Waals surface area contributed by atoms with E-state index in [-0.39, 0.29) is 0 Å². The van der Waals surface area contributed by atoms with Crippen LogP contribution in [0.25, 0.3) is 0 Å². The normalized spacial score (nSPS) is 7.62. The lowest BCUT2D eigenvalue weighted by Crippen LogP contribution is -1.47. The van der Waals surface area contributed by atoms with Gasteiger partial charge in [-0.15, -0.1) is 9.79 Å². The van der Waals surface area contributed by atoms with Crippen LogP contribution >= 0.6 is 8.25 Å². The van der Waals surface area contributed by atoms with Crippen molar-refractivity contribution in [1.29, 1.82) is 0 Å². The molecule has 0 saturated heterocycles. The molecule has 84 valence electrons. The van der Waals surface area contributed by atoms with Crippen LogP contribution in [-0.4, -0.2) is 9.79 Å². The van der Waals surface area contributed by atoms with E-state index in [4.69, 9.17) is 14.4 Å². The van der Waals surface area contributed by atoms with Gasteiger partial charge in [-0.25, -0.2) is 0 Å². The topological polar surface area (TPSA) is 57.5 Å². The van der Waals surface area contributed by atoms with Gasteiger partial charge in [0.2, 0.25) is 0 Å². The van der Waals surface area contributed by atoms with E-state index in [1.807, 2.05) is 72.8 Å².